The van der Waals surface area contributed by atoms with Crippen molar-refractivity contribution in [2.75, 3.05) is 50.8 Å². The quantitative estimate of drug-likeness (QED) is 0.578. The number of hydrogen-bond donors (Lipinski definition) is 2. The Morgan fingerprint density at radius 1 is 1.17 bits per heavy atom. The highest BCUT2D eigenvalue weighted by Crippen LogP contribution is 2.42. The molecule has 1 aromatic heterocycles. The Morgan fingerprint density at radius 3 is 2.60 bits per heavy atom. The number of aromatic nitrogens is 2. The van der Waals surface area contributed by atoms with Gasteiger partial charge in [-0.3, -0.25) is 4.79 Å². The molecule has 3 heterocycles. The smallest absolute Gasteiger partial charge is 0.231 e. The molecule has 35 heavy (non-hydrogen) atoms. The Balaban J connectivity index is 1.27. The third kappa shape index (κ3) is 5.38. The van der Waals surface area contributed by atoms with Crippen molar-refractivity contribution >= 4 is 27.7 Å². The lowest BCUT2D eigenvalue weighted by Crippen LogP contribution is -2.51. The number of nitrogens with one attached hydrogen (secondary N) is 1. The molecule has 5 rings (SSSR count). The van der Waals surface area contributed by atoms with Gasteiger partial charge in [-0.15, -0.1) is 0 Å². The van der Waals surface area contributed by atoms with E-state index in [4.69, 9.17) is 4.74 Å². The van der Waals surface area contributed by atoms with Crippen LogP contribution in [0.5, 0.6) is 0 Å². The maximum absolute atomic E-state index is 13.8. The zero-order valence-electron chi connectivity index (χ0n) is 20.2. The minimum absolute atomic E-state index is 0.170. The number of nitrogens with zero attached hydrogens (tertiary/aromatic N) is 4. The average molecular weight is 544 g/mol. The third-order valence-corrected chi connectivity index (χ3v) is 8.10. The molecule has 0 bridgehead atoms. The van der Waals surface area contributed by atoms with Gasteiger partial charge in [0.15, 0.2) is 0 Å². The van der Waals surface area contributed by atoms with Crippen molar-refractivity contribution in [3.63, 3.8) is 0 Å². The number of ether oxygens (including phenoxy) is 1. The Labute approximate surface area is 215 Å². The summed E-state index contributed by atoms with van der Waals surface area (Å²) in [5, 5.41) is 14.0. The maximum atomic E-state index is 13.8. The third-order valence-electron chi connectivity index (χ3n) is 7.57. The number of hydrogen-bond acceptors (Lipinski definition) is 7. The normalized spacial score (nSPS) is 23.9. The van der Waals surface area contributed by atoms with Crippen molar-refractivity contribution in [3.8, 4) is 0 Å². The minimum atomic E-state index is -0.514. The second kappa shape index (κ2) is 10.9. The van der Waals surface area contributed by atoms with Crippen LogP contribution < -0.4 is 10.2 Å². The molecule has 2 aliphatic heterocycles. The summed E-state index contributed by atoms with van der Waals surface area (Å²) in [5.74, 6) is 1.09. The number of fused-ring (bicyclic) bond motifs is 1. The van der Waals surface area contributed by atoms with Crippen LogP contribution in [0.3, 0.4) is 0 Å². The molecule has 2 aromatic rings. The van der Waals surface area contributed by atoms with Crippen molar-refractivity contribution in [3.05, 3.63) is 51.9 Å². The lowest BCUT2D eigenvalue weighted by molar-refractivity contribution is -0.133. The number of amides is 1. The zero-order chi connectivity index (χ0) is 24.4. The van der Waals surface area contributed by atoms with Gasteiger partial charge in [-0.05, 0) is 42.9 Å². The summed E-state index contributed by atoms with van der Waals surface area (Å²) < 4.78 is 6.50. The van der Waals surface area contributed by atoms with Crippen LogP contribution in [0.1, 0.15) is 60.9 Å². The molecule has 0 radical (unpaired) electrons. The van der Waals surface area contributed by atoms with Crippen molar-refractivity contribution in [2.24, 2.45) is 0 Å². The number of benzene rings is 1. The van der Waals surface area contributed by atoms with Gasteiger partial charge in [-0.2, -0.15) is 0 Å². The van der Waals surface area contributed by atoms with Crippen LogP contribution in [-0.2, 0) is 9.53 Å². The molecule has 2 unspecified atom stereocenters. The van der Waals surface area contributed by atoms with Crippen molar-refractivity contribution in [1.29, 1.82) is 0 Å². The summed E-state index contributed by atoms with van der Waals surface area (Å²) in [6.45, 7) is 7.04. The molecular formula is C26H34BrN5O3. The summed E-state index contributed by atoms with van der Waals surface area (Å²) in [7, 11) is 0. The van der Waals surface area contributed by atoms with Crippen LogP contribution >= 0.6 is 15.9 Å². The lowest BCUT2D eigenvalue weighted by Gasteiger charge is -2.38. The van der Waals surface area contributed by atoms with E-state index in [-0.39, 0.29) is 17.7 Å². The number of piperazine rings is 1. The highest BCUT2D eigenvalue weighted by Gasteiger charge is 2.35. The molecule has 3 aliphatic rings. The monoisotopic (exact) mass is 543 g/mol. The van der Waals surface area contributed by atoms with E-state index in [0.29, 0.717) is 32.1 Å². The Kier molecular flexibility index (Phi) is 7.67. The number of anilines is 1. The van der Waals surface area contributed by atoms with E-state index in [1.54, 1.807) is 6.33 Å². The SMILES string of the molecule is CC1C[C@@H](O)c2ncnc(N3CCN(C(=O)C(CNC4CCOCC4)c4ccc(Br)cc4)CC3)c21. The number of aliphatic hydroxyl groups is 1. The van der Waals surface area contributed by atoms with Gasteiger partial charge in [0.05, 0.1) is 17.7 Å². The Morgan fingerprint density at radius 2 is 1.89 bits per heavy atom. The molecule has 1 amide bonds. The van der Waals surface area contributed by atoms with Crippen LogP contribution in [0.15, 0.2) is 35.1 Å². The second-order valence-electron chi connectivity index (χ2n) is 9.86. The summed E-state index contributed by atoms with van der Waals surface area (Å²) in [6.07, 6.45) is 3.69. The first kappa shape index (κ1) is 24.6. The van der Waals surface area contributed by atoms with Gasteiger partial charge in [0.25, 0.3) is 0 Å². The van der Waals surface area contributed by atoms with Crippen LogP contribution in [0, 0.1) is 0 Å². The topological polar surface area (TPSA) is 90.8 Å². The first-order valence-electron chi connectivity index (χ1n) is 12.6. The van der Waals surface area contributed by atoms with E-state index in [1.807, 2.05) is 29.2 Å². The predicted octanol–water partition coefficient (Wildman–Crippen LogP) is 2.98. The number of rotatable bonds is 6. The van der Waals surface area contributed by atoms with E-state index < -0.39 is 6.10 Å². The van der Waals surface area contributed by atoms with Crippen molar-refractivity contribution in [1.82, 2.24) is 20.2 Å². The minimum Gasteiger partial charge on any atom is -0.387 e. The first-order valence-corrected chi connectivity index (χ1v) is 13.4. The molecule has 2 saturated heterocycles. The molecule has 3 atom stereocenters. The van der Waals surface area contributed by atoms with E-state index >= 15 is 0 Å². The lowest BCUT2D eigenvalue weighted by atomic mass is 9.96. The number of carbonyl (C=O) groups is 1. The largest absolute Gasteiger partial charge is 0.387 e. The van der Waals surface area contributed by atoms with Crippen LogP contribution in [0.4, 0.5) is 5.82 Å². The predicted molar refractivity (Wildman–Crippen MR) is 138 cm³/mol. The van der Waals surface area contributed by atoms with Crippen molar-refractivity contribution in [2.45, 2.75) is 50.2 Å². The van der Waals surface area contributed by atoms with Gasteiger partial charge >= 0.3 is 0 Å². The molecule has 1 aromatic carbocycles. The highest BCUT2D eigenvalue weighted by molar-refractivity contribution is 9.10. The highest BCUT2D eigenvalue weighted by atomic mass is 79.9. The van der Waals surface area contributed by atoms with Gasteiger partial charge in [0.2, 0.25) is 5.91 Å². The molecule has 9 heteroatoms. The Bertz CT molecular complexity index is 1020. The standard InChI is InChI=1S/C26H34BrN5O3/c1-17-14-22(33)24-23(17)25(30-16-29-24)31-8-10-32(11-9-31)26(34)21(18-2-4-19(27)5-3-18)15-28-20-6-12-35-13-7-20/h2-5,16-17,20-22,28,33H,6-15H2,1H3/t17?,21?,22-/m1/s1. The molecule has 1 aliphatic carbocycles. The average Bonchev–Trinajstić information content (AvgIpc) is 3.19. The molecule has 188 valence electrons. The van der Waals surface area contributed by atoms with E-state index in [9.17, 15) is 9.90 Å². The van der Waals surface area contributed by atoms with Gasteiger partial charge in [0, 0.05) is 62.0 Å². The number of carbonyl (C=O) groups excluding carboxylic acids is 1. The molecule has 0 spiro atoms. The van der Waals surface area contributed by atoms with E-state index in [1.165, 1.54) is 0 Å². The molecule has 2 N–H and O–H groups in total. The van der Waals surface area contributed by atoms with Crippen molar-refractivity contribution < 1.29 is 14.6 Å². The fraction of sp³-hybridized carbons (Fsp3) is 0.577. The van der Waals surface area contributed by atoms with Crippen LogP contribution in [-0.4, -0.2) is 77.9 Å². The summed E-state index contributed by atoms with van der Waals surface area (Å²) in [4.78, 5) is 26.9. The fourth-order valence-corrected chi connectivity index (χ4v) is 5.81. The summed E-state index contributed by atoms with van der Waals surface area (Å²) >= 11 is 3.51. The second-order valence-corrected chi connectivity index (χ2v) is 10.8. The van der Waals surface area contributed by atoms with Gasteiger partial charge < -0.3 is 25.0 Å². The molecule has 0 saturated carbocycles. The summed E-state index contributed by atoms with van der Waals surface area (Å²) in [5.41, 5.74) is 2.86. The van der Waals surface area contributed by atoms with Gasteiger partial charge in [-0.25, -0.2) is 9.97 Å². The summed E-state index contributed by atoms with van der Waals surface area (Å²) in [6, 6.07) is 8.50. The maximum Gasteiger partial charge on any atom is 0.231 e. The Hall–Kier alpha value is -2.07. The fourth-order valence-electron chi connectivity index (χ4n) is 5.54. The van der Waals surface area contributed by atoms with Gasteiger partial charge in [-0.1, -0.05) is 35.0 Å². The number of halogens is 1. The molecule has 2 fully saturated rings. The molecular weight excluding hydrogens is 510 g/mol. The van der Waals surface area contributed by atoms with Crippen LogP contribution in [0.25, 0.3) is 0 Å². The van der Waals surface area contributed by atoms with E-state index in [0.717, 1.165) is 66.3 Å². The first-order chi connectivity index (χ1) is 17.0. The molecule has 8 nitrogen and oxygen atoms in total. The van der Waals surface area contributed by atoms with Gasteiger partial charge in [0.1, 0.15) is 12.1 Å². The number of aliphatic hydroxyl groups excluding tert-OH is 1. The van der Waals surface area contributed by atoms with Crippen LogP contribution in [0.2, 0.25) is 0 Å². The van der Waals surface area contributed by atoms with E-state index in [2.05, 4.69) is 43.0 Å². The zero-order valence-corrected chi connectivity index (χ0v) is 21.8.